The molecule has 0 unspecified atom stereocenters. The van der Waals surface area contributed by atoms with Gasteiger partial charge in [-0.25, -0.2) is 9.29 Å². The Balaban J connectivity index is 1.95. The summed E-state index contributed by atoms with van der Waals surface area (Å²) < 4.78 is 2.31. The van der Waals surface area contributed by atoms with Gasteiger partial charge in [-0.3, -0.25) is 9.78 Å². The fourth-order valence-electron chi connectivity index (χ4n) is 2.59. The molecule has 0 atom stereocenters. The number of hydrogen-bond acceptors (Lipinski definition) is 6. The third kappa shape index (κ3) is 3.68. The van der Waals surface area contributed by atoms with E-state index in [1.807, 2.05) is 12.1 Å². The third-order valence-corrected chi connectivity index (χ3v) is 5.03. The van der Waals surface area contributed by atoms with Crippen molar-refractivity contribution in [1.82, 2.24) is 19.3 Å². The molecule has 2 aromatic rings. The minimum absolute atomic E-state index is 0.153. The van der Waals surface area contributed by atoms with E-state index in [1.165, 1.54) is 0 Å². The molecule has 122 valence electrons. The number of aromatic amines is 1. The van der Waals surface area contributed by atoms with Gasteiger partial charge in [0.25, 0.3) is 5.56 Å². The molecular formula is C15H18ClN5OS. The Morgan fingerprint density at radius 1 is 1.22 bits per heavy atom. The average molecular weight is 352 g/mol. The van der Waals surface area contributed by atoms with Gasteiger partial charge in [0.05, 0.1) is 0 Å². The fourth-order valence-corrected chi connectivity index (χ4v) is 3.38. The largest absolute Gasteiger partial charge is 0.354 e. The predicted octanol–water partition coefficient (Wildman–Crippen LogP) is 2.28. The van der Waals surface area contributed by atoms with Gasteiger partial charge in [-0.15, -0.1) is 0 Å². The lowest BCUT2D eigenvalue weighted by atomic mass is 10.2. The van der Waals surface area contributed by atoms with Gasteiger partial charge in [0.2, 0.25) is 0 Å². The van der Waals surface area contributed by atoms with Gasteiger partial charge in [-0.05, 0) is 24.8 Å². The molecule has 0 aliphatic carbocycles. The Kier molecular flexibility index (Phi) is 5.20. The Morgan fingerprint density at radius 3 is 2.74 bits per heavy atom. The maximum absolute atomic E-state index is 12.2. The smallest absolute Gasteiger partial charge is 0.272 e. The van der Waals surface area contributed by atoms with Crippen LogP contribution in [-0.2, 0) is 0 Å². The molecule has 0 saturated carbocycles. The molecule has 2 aromatic heterocycles. The molecule has 0 radical (unpaired) electrons. The van der Waals surface area contributed by atoms with Gasteiger partial charge in [0, 0.05) is 44.1 Å². The molecule has 0 amide bonds. The van der Waals surface area contributed by atoms with Crippen LogP contribution in [0.1, 0.15) is 6.42 Å². The van der Waals surface area contributed by atoms with Crippen molar-refractivity contribution in [3.8, 4) is 11.4 Å². The first-order chi connectivity index (χ1) is 11.2. The second-order valence-electron chi connectivity index (χ2n) is 5.24. The molecule has 1 saturated heterocycles. The van der Waals surface area contributed by atoms with Gasteiger partial charge in [0.1, 0.15) is 10.8 Å². The summed E-state index contributed by atoms with van der Waals surface area (Å²) in [5, 5.41) is 0.153. The Bertz CT molecular complexity index is 724. The van der Waals surface area contributed by atoms with Crippen LogP contribution in [-0.4, -0.2) is 51.7 Å². The van der Waals surface area contributed by atoms with Crippen LogP contribution >= 0.6 is 23.5 Å². The molecule has 1 aliphatic rings. The van der Waals surface area contributed by atoms with Gasteiger partial charge in [-0.2, -0.15) is 0 Å². The molecule has 3 heterocycles. The topological polar surface area (TPSA) is 65.1 Å². The highest BCUT2D eigenvalue weighted by atomic mass is 35.5. The zero-order valence-corrected chi connectivity index (χ0v) is 14.4. The molecule has 1 fully saturated rings. The summed E-state index contributed by atoms with van der Waals surface area (Å²) >= 11 is 7.97. The number of rotatable bonds is 3. The summed E-state index contributed by atoms with van der Waals surface area (Å²) in [5.74, 6) is 1.08. The quantitative estimate of drug-likeness (QED) is 0.856. The van der Waals surface area contributed by atoms with E-state index in [-0.39, 0.29) is 10.6 Å². The monoisotopic (exact) mass is 351 g/mol. The van der Waals surface area contributed by atoms with Crippen LogP contribution in [0, 0.1) is 0 Å². The highest BCUT2D eigenvalue weighted by Gasteiger charge is 2.20. The maximum atomic E-state index is 12.2. The van der Waals surface area contributed by atoms with Crippen LogP contribution < -0.4 is 10.5 Å². The predicted molar refractivity (Wildman–Crippen MR) is 95.0 cm³/mol. The number of nitrogens with zero attached hydrogens (tertiary/aromatic N) is 4. The third-order valence-electron chi connectivity index (χ3n) is 3.81. The summed E-state index contributed by atoms with van der Waals surface area (Å²) in [6.45, 7) is 3.57. The van der Waals surface area contributed by atoms with E-state index in [9.17, 15) is 4.79 Å². The van der Waals surface area contributed by atoms with Crippen molar-refractivity contribution in [2.24, 2.45) is 0 Å². The van der Waals surface area contributed by atoms with Crippen molar-refractivity contribution < 1.29 is 0 Å². The first kappa shape index (κ1) is 16.3. The van der Waals surface area contributed by atoms with E-state index in [1.54, 1.807) is 24.3 Å². The number of pyridine rings is 1. The number of halogens is 1. The second kappa shape index (κ2) is 7.33. The Hall–Kier alpha value is -1.57. The summed E-state index contributed by atoms with van der Waals surface area (Å²) in [6.07, 6.45) is 6.43. The number of aromatic nitrogens is 3. The molecular weight excluding hydrogens is 334 g/mol. The van der Waals surface area contributed by atoms with E-state index < -0.39 is 0 Å². The molecule has 23 heavy (non-hydrogen) atoms. The first-order valence-corrected chi connectivity index (χ1v) is 8.99. The molecule has 8 heteroatoms. The molecule has 0 bridgehead atoms. The Labute approximate surface area is 144 Å². The van der Waals surface area contributed by atoms with Crippen molar-refractivity contribution >= 4 is 29.4 Å². The number of nitrogens with one attached hydrogen (secondary N) is 1. The number of anilines is 1. The number of hydrogen-bond donors (Lipinski definition) is 1. The maximum Gasteiger partial charge on any atom is 0.272 e. The van der Waals surface area contributed by atoms with E-state index >= 15 is 0 Å². The van der Waals surface area contributed by atoms with Crippen LogP contribution in [0.4, 0.5) is 5.82 Å². The van der Waals surface area contributed by atoms with Gasteiger partial charge in [0.15, 0.2) is 5.82 Å². The van der Waals surface area contributed by atoms with Gasteiger partial charge < -0.3 is 9.88 Å². The van der Waals surface area contributed by atoms with Crippen LogP contribution in [0.15, 0.2) is 29.3 Å². The molecule has 1 aliphatic heterocycles. The van der Waals surface area contributed by atoms with E-state index in [0.29, 0.717) is 11.6 Å². The summed E-state index contributed by atoms with van der Waals surface area (Å²) in [4.78, 5) is 25.6. The summed E-state index contributed by atoms with van der Waals surface area (Å²) in [6, 6.07) is 3.63. The molecule has 6 nitrogen and oxygen atoms in total. The van der Waals surface area contributed by atoms with Crippen LogP contribution in [0.2, 0.25) is 5.02 Å². The zero-order chi connectivity index (χ0) is 16.2. The van der Waals surface area contributed by atoms with E-state index in [4.69, 9.17) is 11.6 Å². The minimum atomic E-state index is -0.311. The summed E-state index contributed by atoms with van der Waals surface area (Å²) in [7, 11) is 0. The van der Waals surface area contributed by atoms with Crippen molar-refractivity contribution in [1.29, 1.82) is 0 Å². The van der Waals surface area contributed by atoms with Crippen molar-refractivity contribution in [2.45, 2.75) is 6.42 Å². The first-order valence-electron chi connectivity index (χ1n) is 7.43. The minimum Gasteiger partial charge on any atom is -0.354 e. The molecule has 3 rings (SSSR count). The van der Waals surface area contributed by atoms with Crippen LogP contribution in [0.3, 0.4) is 0 Å². The lowest BCUT2D eigenvalue weighted by Gasteiger charge is -2.23. The summed E-state index contributed by atoms with van der Waals surface area (Å²) in [5.41, 5.74) is 0.505. The zero-order valence-electron chi connectivity index (χ0n) is 12.8. The lowest BCUT2D eigenvalue weighted by molar-refractivity contribution is 0.506. The van der Waals surface area contributed by atoms with Crippen LogP contribution in [0.5, 0.6) is 0 Å². The fraction of sp³-hybridized carbons (Fsp3) is 0.400. The lowest BCUT2D eigenvalue weighted by Crippen LogP contribution is -2.30. The van der Waals surface area contributed by atoms with Gasteiger partial charge >= 0.3 is 0 Å². The second-order valence-corrected chi connectivity index (χ2v) is 6.50. The highest BCUT2D eigenvalue weighted by Crippen LogP contribution is 2.24. The Morgan fingerprint density at radius 2 is 2.00 bits per heavy atom. The van der Waals surface area contributed by atoms with Gasteiger partial charge in [-0.1, -0.05) is 23.5 Å². The van der Waals surface area contributed by atoms with Crippen molar-refractivity contribution in [2.75, 3.05) is 37.3 Å². The van der Waals surface area contributed by atoms with Crippen LogP contribution in [0.25, 0.3) is 11.4 Å². The number of H-pyrrole nitrogens is 1. The molecule has 1 N–H and O–H groups in total. The molecule has 0 spiro atoms. The standard InChI is InChI=1S/C15H18ClN5OS/c1-23-21-8-2-7-20(9-10-21)14-12(16)15(22)19-13(18-14)11-3-5-17-6-4-11/h3-6H,2,7-10H2,1H3,(H,18,19,22). The van der Waals surface area contributed by atoms with E-state index in [0.717, 1.165) is 38.2 Å². The normalized spacial score (nSPS) is 16.3. The van der Waals surface area contributed by atoms with Crippen molar-refractivity contribution in [3.05, 3.63) is 39.9 Å². The average Bonchev–Trinajstić information content (AvgIpc) is 2.83. The molecule has 0 aromatic carbocycles. The van der Waals surface area contributed by atoms with Crippen molar-refractivity contribution in [3.63, 3.8) is 0 Å². The SMILES string of the molecule is CSN1CCCN(c2nc(-c3ccncc3)[nH]c(=O)c2Cl)CC1. The van der Waals surface area contributed by atoms with E-state index in [2.05, 4.69) is 30.4 Å². The highest BCUT2D eigenvalue weighted by molar-refractivity contribution is 7.96.